The summed E-state index contributed by atoms with van der Waals surface area (Å²) in [4.78, 5) is 22.8. The van der Waals surface area contributed by atoms with Crippen LogP contribution in [0.15, 0.2) is 24.3 Å². The van der Waals surface area contributed by atoms with Gasteiger partial charge in [-0.05, 0) is 24.6 Å². The topological polar surface area (TPSA) is 75.6 Å². The highest BCUT2D eigenvalue weighted by molar-refractivity contribution is 5.96. The quantitative estimate of drug-likeness (QED) is 0.806. The first-order chi connectivity index (χ1) is 8.58. The SMILES string of the molecule is CCC[C@@H](NC(=O)c1cccc(OC)c1)C(=O)O. The number of rotatable bonds is 6. The van der Waals surface area contributed by atoms with Gasteiger partial charge in [0.25, 0.3) is 5.91 Å². The van der Waals surface area contributed by atoms with Crippen molar-refractivity contribution in [1.29, 1.82) is 0 Å². The summed E-state index contributed by atoms with van der Waals surface area (Å²) in [6.07, 6.45) is 1.10. The van der Waals surface area contributed by atoms with Crippen molar-refractivity contribution < 1.29 is 19.4 Å². The normalized spacial score (nSPS) is 11.7. The average Bonchev–Trinajstić information content (AvgIpc) is 2.38. The Morgan fingerprint density at radius 2 is 2.17 bits per heavy atom. The number of carboxylic acids is 1. The van der Waals surface area contributed by atoms with Crippen molar-refractivity contribution in [1.82, 2.24) is 5.32 Å². The predicted octanol–water partition coefficient (Wildman–Crippen LogP) is 1.68. The Morgan fingerprint density at radius 3 is 2.72 bits per heavy atom. The Labute approximate surface area is 106 Å². The smallest absolute Gasteiger partial charge is 0.326 e. The van der Waals surface area contributed by atoms with Gasteiger partial charge in [-0.25, -0.2) is 4.79 Å². The molecule has 98 valence electrons. The summed E-state index contributed by atoms with van der Waals surface area (Å²) in [6, 6.07) is 5.73. The number of hydrogen-bond donors (Lipinski definition) is 2. The molecule has 5 heteroatoms. The fourth-order valence-electron chi connectivity index (χ4n) is 1.55. The molecule has 1 atom stereocenters. The van der Waals surface area contributed by atoms with Crippen LogP contribution in [-0.2, 0) is 4.79 Å². The van der Waals surface area contributed by atoms with Crippen LogP contribution in [0.1, 0.15) is 30.1 Å². The second-order valence-electron chi connectivity index (χ2n) is 3.88. The van der Waals surface area contributed by atoms with Gasteiger partial charge < -0.3 is 15.2 Å². The van der Waals surface area contributed by atoms with Gasteiger partial charge in [-0.15, -0.1) is 0 Å². The summed E-state index contributed by atoms with van der Waals surface area (Å²) in [6.45, 7) is 1.87. The summed E-state index contributed by atoms with van der Waals surface area (Å²) in [5.74, 6) is -0.868. The molecule has 0 aromatic heterocycles. The van der Waals surface area contributed by atoms with Gasteiger partial charge in [0, 0.05) is 5.56 Å². The molecule has 1 rings (SSSR count). The van der Waals surface area contributed by atoms with Crippen LogP contribution in [0.5, 0.6) is 5.75 Å². The Bertz CT molecular complexity index is 431. The molecule has 18 heavy (non-hydrogen) atoms. The van der Waals surface area contributed by atoms with Crippen molar-refractivity contribution in [3.63, 3.8) is 0 Å². The van der Waals surface area contributed by atoms with Crippen molar-refractivity contribution in [3.8, 4) is 5.75 Å². The van der Waals surface area contributed by atoms with Crippen molar-refractivity contribution in [2.24, 2.45) is 0 Å². The second-order valence-corrected chi connectivity index (χ2v) is 3.88. The summed E-state index contributed by atoms with van der Waals surface area (Å²) in [5, 5.41) is 11.5. The van der Waals surface area contributed by atoms with Crippen molar-refractivity contribution in [2.45, 2.75) is 25.8 Å². The average molecular weight is 251 g/mol. The first kappa shape index (κ1) is 14.0. The molecule has 0 unspecified atom stereocenters. The Kier molecular flexibility index (Phi) is 5.17. The van der Waals surface area contributed by atoms with Crippen LogP contribution in [0.2, 0.25) is 0 Å². The van der Waals surface area contributed by atoms with Gasteiger partial charge in [-0.2, -0.15) is 0 Å². The summed E-state index contributed by atoms with van der Waals surface area (Å²) < 4.78 is 5.01. The molecule has 0 radical (unpaired) electrons. The number of ether oxygens (including phenoxy) is 1. The fourth-order valence-corrected chi connectivity index (χ4v) is 1.55. The number of carbonyl (C=O) groups excluding carboxylic acids is 1. The lowest BCUT2D eigenvalue weighted by molar-refractivity contribution is -0.139. The zero-order valence-corrected chi connectivity index (χ0v) is 10.5. The van der Waals surface area contributed by atoms with Crippen molar-refractivity contribution >= 4 is 11.9 Å². The number of carbonyl (C=O) groups is 2. The van der Waals surface area contributed by atoms with Gasteiger partial charge in [-0.1, -0.05) is 19.4 Å². The van der Waals surface area contributed by atoms with E-state index in [4.69, 9.17) is 9.84 Å². The predicted molar refractivity (Wildman–Crippen MR) is 66.8 cm³/mol. The van der Waals surface area contributed by atoms with E-state index in [0.717, 1.165) is 0 Å². The molecular formula is C13H17NO4. The Morgan fingerprint density at radius 1 is 1.44 bits per heavy atom. The molecule has 0 aliphatic rings. The zero-order valence-electron chi connectivity index (χ0n) is 10.5. The van der Waals surface area contributed by atoms with E-state index in [-0.39, 0.29) is 0 Å². The van der Waals surface area contributed by atoms with E-state index in [1.54, 1.807) is 24.3 Å². The maximum atomic E-state index is 11.9. The van der Waals surface area contributed by atoms with Gasteiger partial charge in [0.2, 0.25) is 0 Å². The largest absolute Gasteiger partial charge is 0.497 e. The number of aliphatic carboxylic acids is 1. The van der Waals surface area contributed by atoms with E-state index < -0.39 is 17.9 Å². The maximum Gasteiger partial charge on any atom is 0.326 e. The summed E-state index contributed by atoms with van der Waals surface area (Å²) >= 11 is 0. The number of nitrogens with one attached hydrogen (secondary N) is 1. The third-order valence-electron chi connectivity index (χ3n) is 2.51. The highest BCUT2D eigenvalue weighted by Crippen LogP contribution is 2.12. The molecule has 5 nitrogen and oxygen atoms in total. The monoisotopic (exact) mass is 251 g/mol. The van der Waals surface area contributed by atoms with Crippen molar-refractivity contribution in [2.75, 3.05) is 7.11 Å². The van der Waals surface area contributed by atoms with Crippen LogP contribution in [0.3, 0.4) is 0 Å². The minimum Gasteiger partial charge on any atom is -0.497 e. The van der Waals surface area contributed by atoms with Crippen LogP contribution in [0.25, 0.3) is 0 Å². The van der Waals surface area contributed by atoms with Crippen LogP contribution in [0.4, 0.5) is 0 Å². The molecule has 2 N–H and O–H groups in total. The Balaban J connectivity index is 2.76. The van der Waals surface area contributed by atoms with E-state index in [1.807, 2.05) is 6.92 Å². The Hall–Kier alpha value is -2.04. The van der Waals surface area contributed by atoms with Gasteiger partial charge in [-0.3, -0.25) is 4.79 Å². The molecular weight excluding hydrogens is 234 g/mol. The summed E-state index contributed by atoms with van der Waals surface area (Å²) in [7, 11) is 1.51. The first-order valence-electron chi connectivity index (χ1n) is 5.76. The zero-order chi connectivity index (χ0) is 13.5. The standard InChI is InChI=1S/C13H17NO4/c1-3-5-11(13(16)17)14-12(15)9-6-4-7-10(8-9)18-2/h4,6-8,11H,3,5H2,1-2H3,(H,14,15)(H,16,17)/t11-/m1/s1. The molecule has 0 saturated carbocycles. The minimum atomic E-state index is -1.02. The highest BCUT2D eigenvalue weighted by Gasteiger charge is 2.19. The van der Waals surface area contributed by atoms with E-state index in [1.165, 1.54) is 7.11 Å². The highest BCUT2D eigenvalue weighted by atomic mass is 16.5. The summed E-state index contributed by atoms with van der Waals surface area (Å²) in [5.41, 5.74) is 0.386. The van der Waals surface area contributed by atoms with Gasteiger partial charge in [0.15, 0.2) is 0 Å². The molecule has 0 bridgehead atoms. The van der Waals surface area contributed by atoms with Crippen LogP contribution in [-0.4, -0.2) is 30.1 Å². The number of carboxylic acid groups (broad SMARTS) is 1. The minimum absolute atomic E-state index is 0.386. The lowest BCUT2D eigenvalue weighted by atomic mass is 10.1. The molecule has 1 amide bonds. The molecule has 0 spiro atoms. The first-order valence-corrected chi connectivity index (χ1v) is 5.76. The number of hydrogen-bond acceptors (Lipinski definition) is 3. The van der Waals surface area contributed by atoms with E-state index >= 15 is 0 Å². The van der Waals surface area contributed by atoms with E-state index in [0.29, 0.717) is 24.2 Å². The third kappa shape index (κ3) is 3.76. The molecule has 1 aromatic carbocycles. The van der Waals surface area contributed by atoms with E-state index in [9.17, 15) is 9.59 Å². The molecule has 0 aliphatic heterocycles. The number of methoxy groups -OCH3 is 1. The molecule has 0 heterocycles. The molecule has 1 aromatic rings. The van der Waals surface area contributed by atoms with Crippen LogP contribution >= 0.6 is 0 Å². The van der Waals surface area contributed by atoms with Gasteiger partial charge in [0.05, 0.1) is 7.11 Å². The number of benzene rings is 1. The molecule has 0 aliphatic carbocycles. The number of amides is 1. The molecule has 0 fully saturated rings. The lowest BCUT2D eigenvalue weighted by Gasteiger charge is -2.13. The molecule has 0 saturated heterocycles. The van der Waals surface area contributed by atoms with E-state index in [2.05, 4.69) is 5.32 Å². The maximum absolute atomic E-state index is 11.9. The van der Waals surface area contributed by atoms with Crippen LogP contribution < -0.4 is 10.1 Å². The lowest BCUT2D eigenvalue weighted by Crippen LogP contribution is -2.40. The fraction of sp³-hybridized carbons (Fsp3) is 0.385. The van der Waals surface area contributed by atoms with Crippen molar-refractivity contribution in [3.05, 3.63) is 29.8 Å². The second kappa shape index (κ2) is 6.64. The van der Waals surface area contributed by atoms with Crippen LogP contribution in [0, 0.1) is 0 Å². The van der Waals surface area contributed by atoms with Gasteiger partial charge >= 0.3 is 5.97 Å². The third-order valence-corrected chi connectivity index (χ3v) is 2.51. The van der Waals surface area contributed by atoms with Gasteiger partial charge in [0.1, 0.15) is 11.8 Å².